The number of nitrogens with one attached hydrogen (secondary N) is 1. The second-order valence-corrected chi connectivity index (χ2v) is 6.76. The first-order chi connectivity index (χ1) is 8.74. The Bertz CT molecular complexity index is 534. The van der Waals surface area contributed by atoms with Gasteiger partial charge in [-0.2, -0.15) is 0 Å². The van der Waals surface area contributed by atoms with Crippen molar-refractivity contribution in [2.24, 2.45) is 0 Å². The van der Waals surface area contributed by atoms with Crippen LogP contribution < -0.4 is 4.72 Å². The van der Waals surface area contributed by atoms with E-state index in [1.54, 1.807) is 19.1 Å². The molecule has 0 atom stereocenters. The summed E-state index contributed by atoms with van der Waals surface area (Å²) in [7, 11) is -3.58. The van der Waals surface area contributed by atoms with E-state index in [0.717, 1.165) is 5.56 Å². The SMILES string of the molecule is CCC(O)(CC)CNS(=O)(=O)c1cc(C)ccc1C. The Labute approximate surface area is 115 Å². The van der Waals surface area contributed by atoms with Gasteiger partial charge in [0.2, 0.25) is 10.0 Å². The molecule has 2 N–H and O–H groups in total. The Hall–Kier alpha value is -0.910. The van der Waals surface area contributed by atoms with Gasteiger partial charge >= 0.3 is 0 Å². The van der Waals surface area contributed by atoms with E-state index in [9.17, 15) is 13.5 Å². The molecule has 0 saturated heterocycles. The fourth-order valence-electron chi connectivity index (χ4n) is 1.80. The van der Waals surface area contributed by atoms with E-state index in [2.05, 4.69) is 4.72 Å². The molecule has 0 aliphatic rings. The van der Waals surface area contributed by atoms with Crippen molar-refractivity contribution in [1.82, 2.24) is 4.72 Å². The van der Waals surface area contributed by atoms with Crippen LogP contribution in [0.25, 0.3) is 0 Å². The van der Waals surface area contributed by atoms with Gasteiger partial charge in [0.1, 0.15) is 0 Å². The van der Waals surface area contributed by atoms with Crippen LogP contribution in [-0.4, -0.2) is 25.7 Å². The van der Waals surface area contributed by atoms with Crippen molar-refractivity contribution in [2.45, 2.75) is 51.0 Å². The largest absolute Gasteiger partial charge is 0.389 e. The zero-order valence-electron chi connectivity index (χ0n) is 12.0. The van der Waals surface area contributed by atoms with Gasteiger partial charge in [-0.25, -0.2) is 13.1 Å². The second-order valence-electron chi connectivity index (χ2n) is 5.02. The number of aliphatic hydroxyl groups is 1. The minimum absolute atomic E-state index is 0.0374. The number of hydrogen-bond acceptors (Lipinski definition) is 3. The van der Waals surface area contributed by atoms with Crippen molar-refractivity contribution in [3.05, 3.63) is 29.3 Å². The van der Waals surface area contributed by atoms with Crippen LogP contribution >= 0.6 is 0 Å². The molecule has 108 valence electrons. The molecule has 4 nitrogen and oxygen atoms in total. The molecule has 0 amide bonds. The number of aryl methyl sites for hydroxylation is 2. The maximum atomic E-state index is 12.3. The highest BCUT2D eigenvalue weighted by Crippen LogP contribution is 2.18. The second kappa shape index (κ2) is 6.03. The van der Waals surface area contributed by atoms with Crippen molar-refractivity contribution in [3.63, 3.8) is 0 Å². The number of hydrogen-bond donors (Lipinski definition) is 2. The highest BCUT2D eigenvalue weighted by Gasteiger charge is 2.26. The summed E-state index contributed by atoms with van der Waals surface area (Å²) in [6.45, 7) is 7.34. The maximum absolute atomic E-state index is 12.3. The quantitative estimate of drug-likeness (QED) is 0.841. The fourth-order valence-corrected chi connectivity index (χ4v) is 3.25. The number of sulfonamides is 1. The van der Waals surface area contributed by atoms with E-state index in [0.29, 0.717) is 18.4 Å². The molecular weight excluding hydrogens is 262 g/mol. The molecule has 1 rings (SSSR count). The Morgan fingerprint density at radius 1 is 1.21 bits per heavy atom. The van der Waals surface area contributed by atoms with Crippen molar-refractivity contribution in [2.75, 3.05) is 6.54 Å². The van der Waals surface area contributed by atoms with Crippen LogP contribution in [0.1, 0.15) is 37.8 Å². The molecular formula is C14H23NO3S. The molecule has 0 radical (unpaired) electrons. The first-order valence-corrected chi connectivity index (χ1v) is 8.01. The van der Waals surface area contributed by atoms with Gasteiger partial charge in [-0.15, -0.1) is 0 Å². The molecule has 0 saturated carbocycles. The first kappa shape index (κ1) is 16.1. The molecule has 0 fully saturated rings. The summed E-state index contributed by atoms with van der Waals surface area (Å²) in [6.07, 6.45) is 1.03. The van der Waals surface area contributed by atoms with Gasteiger partial charge in [-0.3, -0.25) is 0 Å². The molecule has 19 heavy (non-hydrogen) atoms. The first-order valence-electron chi connectivity index (χ1n) is 6.53. The molecule has 0 aromatic heterocycles. The molecule has 0 spiro atoms. The van der Waals surface area contributed by atoms with E-state index in [1.165, 1.54) is 0 Å². The third-order valence-corrected chi connectivity index (χ3v) is 5.08. The zero-order valence-corrected chi connectivity index (χ0v) is 12.8. The lowest BCUT2D eigenvalue weighted by Crippen LogP contribution is -2.42. The van der Waals surface area contributed by atoms with E-state index in [-0.39, 0.29) is 11.4 Å². The highest BCUT2D eigenvalue weighted by molar-refractivity contribution is 7.89. The van der Waals surface area contributed by atoms with Crippen LogP contribution in [0, 0.1) is 13.8 Å². The highest BCUT2D eigenvalue weighted by atomic mass is 32.2. The van der Waals surface area contributed by atoms with Gasteiger partial charge < -0.3 is 5.11 Å². The van der Waals surface area contributed by atoms with Crippen LogP contribution in [0.2, 0.25) is 0 Å². The molecule has 1 aromatic carbocycles. The van der Waals surface area contributed by atoms with Gasteiger partial charge in [0.05, 0.1) is 10.5 Å². The zero-order chi connectivity index (χ0) is 14.7. The minimum Gasteiger partial charge on any atom is -0.389 e. The van der Waals surface area contributed by atoms with E-state index in [1.807, 2.05) is 26.8 Å². The van der Waals surface area contributed by atoms with Crippen molar-refractivity contribution in [1.29, 1.82) is 0 Å². The number of rotatable bonds is 6. The van der Waals surface area contributed by atoms with Gasteiger partial charge in [0.15, 0.2) is 0 Å². The number of benzene rings is 1. The topological polar surface area (TPSA) is 66.4 Å². The van der Waals surface area contributed by atoms with Crippen LogP contribution in [0.15, 0.2) is 23.1 Å². The minimum atomic E-state index is -3.58. The summed E-state index contributed by atoms with van der Waals surface area (Å²) in [5.41, 5.74) is 0.618. The summed E-state index contributed by atoms with van der Waals surface area (Å²) in [4.78, 5) is 0.280. The monoisotopic (exact) mass is 285 g/mol. The molecule has 5 heteroatoms. The predicted molar refractivity (Wildman–Crippen MR) is 76.6 cm³/mol. The summed E-state index contributed by atoms with van der Waals surface area (Å²) >= 11 is 0. The molecule has 0 unspecified atom stereocenters. The van der Waals surface area contributed by atoms with Gasteiger partial charge in [-0.1, -0.05) is 26.0 Å². The lowest BCUT2D eigenvalue weighted by atomic mass is 9.98. The third kappa shape index (κ3) is 4.03. The summed E-state index contributed by atoms with van der Waals surface area (Å²) in [6, 6.07) is 5.31. The third-order valence-electron chi connectivity index (χ3n) is 3.54. The molecule has 0 aliphatic carbocycles. The molecule has 0 aliphatic heterocycles. The van der Waals surface area contributed by atoms with Crippen molar-refractivity contribution < 1.29 is 13.5 Å². The summed E-state index contributed by atoms with van der Waals surface area (Å²) in [5.74, 6) is 0. The van der Waals surface area contributed by atoms with E-state index < -0.39 is 15.6 Å². The normalized spacial score (nSPS) is 12.7. The predicted octanol–water partition coefficient (Wildman–Crippen LogP) is 2.13. The summed E-state index contributed by atoms with van der Waals surface area (Å²) in [5, 5.41) is 10.1. The van der Waals surface area contributed by atoms with Gasteiger partial charge in [0, 0.05) is 6.54 Å². The Morgan fingerprint density at radius 3 is 2.32 bits per heavy atom. The lowest BCUT2D eigenvalue weighted by molar-refractivity contribution is 0.0377. The average Bonchev–Trinajstić information content (AvgIpc) is 2.39. The molecule has 0 heterocycles. The molecule has 1 aromatic rings. The van der Waals surface area contributed by atoms with Crippen LogP contribution in [-0.2, 0) is 10.0 Å². The Kier molecular flexibility index (Phi) is 5.12. The van der Waals surface area contributed by atoms with Gasteiger partial charge in [0.25, 0.3) is 0 Å². The molecule has 0 bridgehead atoms. The van der Waals surface area contributed by atoms with E-state index >= 15 is 0 Å². The van der Waals surface area contributed by atoms with Crippen LogP contribution in [0.4, 0.5) is 0 Å². The smallest absolute Gasteiger partial charge is 0.240 e. The van der Waals surface area contributed by atoms with Crippen molar-refractivity contribution in [3.8, 4) is 0 Å². The average molecular weight is 285 g/mol. The summed E-state index contributed by atoms with van der Waals surface area (Å²) < 4.78 is 27.0. The van der Waals surface area contributed by atoms with Crippen molar-refractivity contribution >= 4 is 10.0 Å². The van der Waals surface area contributed by atoms with Gasteiger partial charge in [-0.05, 0) is 43.9 Å². The maximum Gasteiger partial charge on any atom is 0.240 e. The van der Waals surface area contributed by atoms with Crippen LogP contribution in [0.5, 0.6) is 0 Å². The Morgan fingerprint density at radius 2 is 1.79 bits per heavy atom. The van der Waals surface area contributed by atoms with Crippen LogP contribution in [0.3, 0.4) is 0 Å². The Balaban J connectivity index is 2.96. The lowest BCUT2D eigenvalue weighted by Gasteiger charge is -2.25. The standard InChI is InChI=1S/C14H23NO3S/c1-5-14(16,6-2)10-15-19(17,18)13-9-11(3)7-8-12(13)4/h7-9,15-16H,5-6,10H2,1-4H3. The fraction of sp³-hybridized carbons (Fsp3) is 0.571. The van der Waals surface area contributed by atoms with E-state index in [4.69, 9.17) is 0 Å².